The summed E-state index contributed by atoms with van der Waals surface area (Å²) in [5.41, 5.74) is 0.866. The second-order valence-corrected chi connectivity index (χ2v) is 3.44. The molecule has 1 aromatic heterocycles. The second-order valence-electron chi connectivity index (χ2n) is 3.44. The van der Waals surface area contributed by atoms with Crippen molar-refractivity contribution in [2.75, 3.05) is 14.2 Å². The van der Waals surface area contributed by atoms with Gasteiger partial charge in [0.25, 0.3) is 0 Å². The van der Waals surface area contributed by atoms with Gasteiger partial charge in [-0.3, -0.25) is 4.79 Å². The number of nitrogens with zero attached hydrogens (tertiary/aromatic N) is 2. The third-order valence-corrected chi connectivity index (χ3v) is 2.67. The summed E-state index contributed by atoms with van der Waals surface area (Å²) in [5, 5.41) is 9.04. The Morgan fingerprint density at radius 1 is 1.18 bits per heavy atom. The Balaban J connectivity index is 3.81. The number of hydrogen-bond acceptors (Lipinski definition) is 4. The van der Waals surface area contributed by atoms with Gasteiger partial charge < -0.3 is 9.47 Å². The fraction of sp³-hybridized carbons (Fsp3) is 0.500. The molecule has 92 valence electrons. The topological polar surface area (TPSA) is 64.2 Å². The van der Waals surface area contributed by atoms with Crippen LogP contribution in [0.3, 0.4) is 0 Å². The molecule has 0 aromatic carbocycles. The molecule has 0 saturated carbocycles. The Morgan fingerprint density at radius 2 is 1.76 bits per heavy atom. The van der Waals surface area contributed by atoms with Gasteiger partial charge >= 0.3 is 5.56 Å². The van der Waals surface area contributed by atoms with E-state index in [9.17, 15) is 4.79 Å². The molecule has 0 amide bonds. The molecule has 0 bridgehead atoms. The van der Waals surface area contributed by atoms with E-state index in [1.54, 1.807) is 0 Å². The van der Waals surface area contributed by atoms with Gasteiger partial charge in [0, 0.05) is 5.56 Å². The highest BCUT2D eigenvalue weighted by molar-refractivity contribution is 5.48. The summed E-state index contributed by atoms with van der Waals surface area (Å²) in [4.78, 5) is 12.0. The molecule has 1 rings (SSSR count). The lowest BCUT2D eigenvalue weighted by molar-refractivity contribution is 0.372. The lowest BCUT2D eigenvalue weighted by Crippen LogP contribution is -2.24. The van der Waals surface area contributed by atoms with E-state index in [1.807, 2.05) is 20.0 Å². The monoisotopic (exact) mass is 236 g/mol. The highest BCUT2D eigenvalue weighted by atomic mass is 16.5. The maximum absolute atomic E-state index is 12.0. The van der Waals surface area contributed by atoms with Crippen LogP contribution >= 0.6 is 0 Å². The fourth-order valence-electron chi connectivity index (χ4n) is 1.93. The zero-order valence-corrected chi connectivity index (χ0v) is 10.5. The van der Waals surface area contributed by atoms with Crippen molar-refractivity contribution in [3.63, 3.8) is 0 Å². The number of pyridine rings is 1. The third kappa shape index (κ3) is 1.98. The predicted octanol–water partition coefficient (Wildman–Crippen LogP) is 1.32. The first-order valence-electron chi connectivity index (χ1n) is 5.44. The number of rotatable bonds is 4. The molecule has 0 aliphatic heterocycles. The minimum atomic E-state index is -0.426. The molecule has 0 fully saturated rings. The van der Waals surface area contributed by atoms with Crippen molar-refractivity contribution in [3.8, 4) is 17.7 Å². The summed E-state index contributed by atoms with van der Waals surface area (Å²) in [6.45, 7) is 3.78. The molecular formula is C12H16N2O3. The van der Waals surface area contributed by atoms with Gasteiger partial charge in [-0.15, -0.1) is 0 Å². The average Bonchev–Trinajstić information content (AvgIpc) is 2.36. The Bertz CT molecular complexity index is 512. The smallest absolute Gasteiger partial charge is 0.306 e. The van der Waals surface area contributed by atoms with Crippen LogP contribution in [-0.4, -0.2) is 18.8 Å². The van der Waals surface area contributed by atoms with Crippen molar-refractivity contribution >= 4 is 0 Å². The van der Waals surface area contributed by atoms with Crippen LogP contribution < -0.4 is 15.0 Å². The molecule has 0 radical (unpaired) electrons. The SMILES string of the molecule is CCc1c(OC)c(CC)n(C#N)c(=O)c1OC. The minimum Gasteiger partial charge on any atom is -0.494 e. The largest absolute Gasteiger partial charge is 0.494 e. The van der Waals surface area contributed by atoms with E-state index in [2.05, 4.69) is 0 Å². The van der Waals surface area contributed by atoms with Gasteiger partial charge in [-0.05, 0) is 12.8 Å². The summed E-state index contributed by atoms with van der Waals surface area (Å²) < 4.78 is 11.4. The first kappa shape index (κ1) is 13.1. The van der Waals surface area contributed by atoms with Crippen LogP contribution in [0.4, 0.5) is 0 Å². The molecule has 17 heavy (non-hydrogen) atoms. The van der Waals surface area contributed by atoms with Gasteiger partial charge in [-0.2, -0.15) is 5.26 Å². The van der Waals surface area contributed by atoms with Crippen molar-refractivity contribution in [1.82, 2.24) is 4.57 Å². The summed E-state index contributed by atoms with van der Waals surface area (Å²) in [6.07, 6.45) is 3.02. The van der Waals surface area contributed by atoms with Gasteiger partial charge in [-0.25, -0.2) is 4.57 Å². The van der Waals surface area contributed by atoms with Crippen LogP contribution in [0.2, 0.25) is 0 Å². The molecule has 1 heterocycles. The molecule has 5 heteroatoms. The van der Waals surface area contributed by atoms with E-state index < -0.39 is 5.56 Å². The standard InChI is InChI=1S/C12H16N2O3/c1-5-8-10(16-3)9(6-2)14(7-13)12(15)11(8)17-4/h5-6H2,1-4H3. The predicted molar refractivity (Wildman–Crippen MR) is 63.6 cm³/mol. The Kier molecular flexibility index (Phi) is 4.16. The van der Waals surface area contributed by atoms with Crippen molar-refractivity contribution in [3.05, 3.63) is 21.6 Å². The van der Waals surface area contributed by atoms with Crippen molar-refractivity contribution in [2.45, 2.75) is 26.7 Å². The Hall–Kier alpha value is -1.96. The van der Waals surface area contributed by atoms with E-state index in [-0.39, 0.29) is 5.75 Å². The van der Waals surface area contributed by atoms with E-state index in [0.717, 1.165) is 4.57 Å². The number of hydrogen-bond donors (Lipinski definition) is 0. The van der Waals surface area contributed by atoms with Gasteiger partial charge in [-0.1, -0.05) is 13.8 Å². The number of nitriles is 1. The first-order chi connectivity index (χ1) is 8.15. The highest BCUT2D eigenvalue weighted by Gasteiger charge is 2.21. The van der Waals surface area contributed by atoms with Crippen LogP contribution in [-0.2, 0) is 12.8 Å². The average molecular weight is 236 g/mol. The van der Waals surface area contributed by atoms with Gasteiger partial charge in [0.05, 0.1) is 19.9 Å². The maximum atomic E-state index is 12.0. The summed E-state index contributed by atoms with van der Waals surface area (Å²) in [5.74, 6) is 0.746. The summed E-state index contributed by atoms with van der Waals surface area (Å²) >= 11 is 0. The van der Waals surface area contributed by atoms with Crippen LogP contribution in [0, 0.1) is 11.5 Å². The zero-order chi connectivity index (χ0) is 13.0. The van der Waals surface area contributed by atoms with Crippen LogP contribution in [0.5, 0.6) is 11.5 Å². The minimum absolute atomic E-state index is 0.183. The second kappa shape index (κ2) is 5.39. The lowest BCUT2D eigenvalue weighted by atomic mass is 10.1. The Morgan fingerprint density at radius 3 is 2.12 bits per heavy atom. The number of aromatic nitrogens is 1. The van der Waals surface area contributed by atoms with E-state index in [4.69, 9.17) is 14.7 Å². The summed E-state index contributed by atoms with van der Waals surface area (Å²) in [6, 6.07) is 0. The van der Waals surface area contributed by atoms with Crippen molar-refractivity contribution < 1.29 is 9.47 Å². The molecule has 0 N–H and O–H groups in total. The van der Waals surface area contributed by atoms with Crippen LogP contribution in [0.1, 0.15) is 25.1 Å². The van der Waals surface area contributed by atoms with Gasteiger partial charge in [0.15, 0.2) is 11.9 Å². The molecule has 0 aliphatic rings. The molecule has 0 saturated heterocycles. The molecule has 0 aliphatic carbocycles. The number of methoxy groups -OCH3 is 2. The number of ether oxygens (including phenoxy) is 2. The Labute approximate surface area is 100 Å². The van der Waals surface area contributed by atoms with Gasteiger partial charge in [0.2, 0.25) is 0 Å². The van der Waals surface area contributed by atoms with Crippen LogP contribution in [0.25, 0.3) is 0 Å². The van der Waals surface area contributed by atoms with Crippen LogP contribution in [0.15, 0.2) is 4.79 Å². The highest BCUT2D eigenvalue weighted by Crippen LogP contribution is 2.29. The molecule has 0 spiro atoms. The normalized spacial score (nSPS) is 9.82. The molecule has 0 atom stereocenters. The fourth-order valence-corrected chi connectivity index (χ4v) is 1.93. The zero-order valence-electron chi connectivity index (χ0n) is 10.5. The first-order valence-corrected chi connectivity index (χ1v) is 5.44. The lowest BCUT2D eigenvalue weighted by Gasteiger charge is -2.16. The van der Waals surface area contributed by atoms with Gasteiger partial charge in [0.1, 0.15) is 5.75 Å². The maximum Gasteiger partial charge on any atom is 0.306 e. The van der Waals surface area contributed by atoms with E-state index >= 15 is 0 Å². The molecule has 1 aromatic rings. The third-order valence-electron chi connectivity index (χ3n) is 2.67. The van der Waals surface area contributed by atoms with Crippen molar-refractivity contribution in [1.29, 1.82) is 5.26 Å². The molecular weight excluding hydrogens is 220 g/mol. The van der Waals surface area contributed by atoms with E-state index in [0.29, 0.717) is 29.8 Å². The quantitative estimate of drug-likeness (QED) is 0.790. The summed E-state index contributed by atoms with van der Waals surface area (Å²) in [7, 11) is 2.95. The van der Waals surface area contributed by atoms with Crippen molar-refractivity contribution in [2.24, 2.45) is 0 Å². The molecule has 0 unspecified atom stereocenters. The van der Waals surface area contributed by atoms with E-state index in [1.165, 1.54) is 14.2 Å². The molecule has 5 nitrogen and oxygen atoms in total.